The van der Waals surface area contributed by atoms with E-state index in [1.54, 1.807) is 36.5 Å². The highest BCUT2D eigenvalue weighted by molar-refractivity contribution is 5.92. The largest absolute Gasteiger partial charge is 0.337 e. The molecule has 0 bridgehead atoms. The van der Waals surface area contributed by atoms with E-state index in [4.69, 9.17) is 5.26 Å². The quantitative estimate of drug-likeness (QED) is 0.942. The van der Waals surface area contributed by atoms with Crippen molar-refractivity contribution in [2.45, 2.75) is 19.3 Å². The zero-order valence-electron chi connectivity index (χ0n) is 12.7. The number of nitriles is 1. The van der Waals surface area contributed by atoms with E-state index in [0.717, 1.165) is 31.6 Å². The first-order chi connectivity index (χ1) is 11.3. The lowest BCUT2D eigenvalue weighted by molar-refractivity contribution is 0.0718. The second kappa shape index (κ2) is 6.88. The van der Waals surface area contributed by atoms with Crippen LogP contribution in [-0.2, 0) is 0 Å². The summed E-state index contributed by atoms with van der Waals surface area (Å²) in [7, 11) is 0. The monoisotopic (exact) mass is 307 g/mol. The summed E-state index contributed by atoms with van der Waals surface area (Å²) in [5, 5.41) is 11.9. The maximum absolute atomic E-state index is 12.5. The molecule has 1 fully saturated rings. The van der Waals surface area contributed by atoms with E-state index in [9.17, 15) is 4.79 Å². The van der Waals surface area contributed by atoms with Crippen LogP contribution in [0.5, 0.6) is 0 Å². The van der Waals surface area contributed by atoms with Crippen LogP contribution in [0.15, 0.2) is 36.5 Å². The number of aromatic nitrogens is 2. The third kappa shape index (κ3) is 3.64. The molecule has 6 heteroatoms. The molecule has 1 aliphatic heterocycles. The number of benzene rings is 1. The van der Waals surface area contributed by atoms with Gasteiger partial charge in [-0.1, -0.05) is 0 Å². The Bertz CT molecular complexity index is 729. The van der Waals surface area contributed by atoms with Crippen LogP contribution in [0.2, 0.25) is 0 Å². The predicted molar refractivity (Wildman–Crippen MR) is 86.2 cm³/mol. The number of rotatable bonds is 3. The zero-order chi connectivity index (χ0) is 16.1. The van der Waals surface area contributed by atoms with Crippen molar-refractivity contribution in [1.29, 1.82) is 5.26 Å². The molecule has 23 heavy (non-hydrogen) atoms. The summed E-state index contributed by atoms with van der Waals surface area (Å²) < 4.78 is 0. The molecule has 116 valence electrons. The molecule has 1 aromatic carbocycles. The number of carbonyl (C=O) groups is 1. The van der Waals surface area contributed by atoms with Crippen molar-refractivity contribution in [3.63, 3.8) is 0 Å². The Hall–Kier alpha value is -2.94. The number of nitrogens with zero attached hydrogens (tertiary/aromatic N) is 4. The highest BCUT2D eigenvalue weighted by Gasteiger charge is 2.19. The topological polar surface area (TPSA) is 81.9 Å². The fourth-order valence-electron chi connectivity index (χ4n) is 2.55. The highest BCUT2D eigenvalue weighted by Crippen LogP contribution is 2.15. The maximum Gasteiger partial charge on any atom is 0.272 e. The SMILES string of the molecule is N#Cc1ccc(Nc2nccc(C(=O)N3CCCCC3)n2)cc1. The van der Waals surface area contributed by atoms with Gasteiger partial charge in [0.1, 0.15) is 5.69 Å². The smallest absolute Gasteiger partial charge is 0.272 e. The zero-order valence-corrected chi connectivity index (χ0v) is 12.7. The van der Waals surface area contributed by atoms with Gasteiger partial charge in [0, 0.05) is 25.0 Å². The molecule has 1 N–H and O–H groups in total. The van der Waals surface area contributed by atoms with Crippen molar-refractivity contribution in [2.75, 3.05) is 18.4 Å². The minimum atomic E-state index is -0.0463. The van der Waals surface area contributed by atoms with Crippen molar-refractivity contribution in [2.24, 2.45) is 0 Å². The summed E-state index contributed by atoms with van der Waals surface area (Å²) in [5.74, 6) is 0.326. The molecule has 3 rings (SSSR count). The van der Waals surface area contributed by atoms with Crippen LogP contribution in [-0.4, -0.2) is 33.9 Å². The summed E-state index contributed by atoms with van der Waals surface area (Å²) in [6.45, 7) is 1.59. The van der Waals surface area contributed by atoms with Crippen LogP contribution in [0, 0.1) is 11.3 Å². The summed E-state index contributed by atoms with van der Waals surface area (Å²) in [6.07, 6.45) is 4.86. The predicted octanol–water partition coefficient (Wildman–Crippen LogP) is 2.72. The summed E-state index contributed by atoms with van der Waals surface area (Å²) in [6, 6.07) is 10.7. The number of nitrogens with one attached hydrogen (secondary N) is 1. The number of hydrogen-bond acceptors (Lipinski definition) is 5. The first-order valence-electron chi connectivity index (χ1n) is 7.66. The fraction of sp³-hybridized carbons (Fsp3) is 0.294. The van der Waals surface area contributed by atoms with Gasteiger partial charge in [-0.3, -0.25) is 4.79 Å². The molecular weight excluding hydrogens is 290 g/mol. The lowest BCUT2D eigenvalue weighted by Gasteiger charge is -2.26. The molecule has 2 aromatic rings. The molecule has 2 heterocycles. The van der Waals surface area contributed by atoms with E-state index >= 15 is 0 Å². The van der Waals surface area contributed by atoms with Gasteiger partial charge in [-0.25, -0.2) is 9.97 Å². The molecule has 6 nitrogen and oxygen atoms in total. The average molecular weight is 307 g/mol. The van der Waals surface area contributed by atoms with Gasteiger partial charge in [0.15, 0.2) is 0 Å². The number of carbonyl (C=O) groups excluding carboxylic acids is 1. The fourth-order valence-corrected chi connectivity index (χ4v) is 2.55. The normalized spacial score (nSPS) is 14.1. The summed E-state index contributed by atoms with van der Waals surface area (Å²) in [5.41, 5.74) is 1.76. The maximum atomic E-state index is 12.5. The lowest BCUT2D eigenvalue weighted by atomic mass is 10.1. The number of likely N-dealkylation sites (tertiary alicyclic amines) is 1. The Labute approximate surface area is 134 Å². The molecule has 1 aromatic heterocycles. The second-order valence-corrected chi connectivity index (χ2v) is 5.43. The number of amides is 1. The Morgan fingerprint density at radius 1 is 1.13 bits per heavy atom. The third-order valence-corrected chi connectivity index (χ3v) is 3.79. The standard InChI is InChI=1S/C17H17N5O/c18-12-13-4-6-14(7-5-13)20-17-19-9-8-15(21-17)16(23)22-10-2-1-3-11-22/h4-9H,1-3,10-11H2,(H,19,20,21). The van der Waals surface area contributed by atoms with Crippen LogP contribution in [0.1, 0.15) is 35.3 Å². The Morgan fingerprint density at radius 2 is 1.87 bits per heavy atom. The van der Waals surface area contributed by atoms with Crippen LogP contribution < -0.4 is 5.32 Å². The van der Waals surface area contributed by atoms with Gasteiger partial charge in [-0.2, -0.15) is 5.26 Å². The third-order valence-electron chi connectivity index (χ3n) is 3.79. The summed E-state index contributed by atoms with van der Waals surface area (Å²) in [4.78, 5) is 22.8. The molecule has 0 saturated carbocycles. The van der Waals surface area contributed by atoms with E-state index in [1.165, 1.54) is 6.42 Å². The molecule has 0 aliphatic carbocycles. The van der Waals surface area contributed by atoms with Crippen molar-refractivity contribution in [3.05, 3.63) is 47.8 Å². The average Bonchev–Trinajstić information content (AvgIpc) is 2.63. The molecule has 0 unspecified atom stereocenters. The Balaban J connectivity index is 1.73. The van der Waals surface area contributed by atoms with Gasteiger partial charge < -0.3 is 10.2 Å². The van der Waals surface area contributed by atoms with Crippen molar-refractivity contribution in [3.8, 4) is 6.07 Å². The molecule has 0 atom stereocenters. The number of anilines is 2. The van der Waals surface area contributed by atoms with Crippen LogP contribution >= 0.6 is 0 Å². The Kier molecular flexibility index (Phi) is 4.48. The van der Waals surface area contributed by atoms with Crippen molar-refractivity contribution < 1.29 is 4.79 Å². The van der Waals surface area contributed by atoms with E-state index in [1.807, 2.05) is 4.90 Å². The lowest BCUT2D eigenvalue weighted by Crippen LogP contribution is -2.36. The molecule has 1 saturated heterocycles. The molecule has 1 aliphatic rings. The van der Waals surface area contributed by atoms with E-state index in [0.29, 0.717) is 17.2 Å². The van der Waals surface area contributed by atoms with Gasteiger partial charge in [0.25, 0.3) is 5.91 Å². The van der Waals surface area contributed by atoms with Crippen LogP contribution in [0.3, 0.4) is 0 Å². The Morgan fingerprint density at radius 3 is 2.57 bits per heavy atom. The van der Waals surface area contributed by atoms with Gasteiger partial charge in [-0.05, 0) is 49.6 Å². The van der Waals surface area contributed by atoms with Crippen molar-refractivity contribution in [1.82, 2.24) is 14.9 Å². The highest BCUT2D eigenvalue weighted by atomic mass is 16.2. The van der Waals surface area contributed by atoms with Gasteiger partial charge in [0.2, 0.25) is 5.95 Å². The molecular formula is C17H17N5O. The first-order valence-corrected chi connectivity index (χ1v) is 7.66. The van der Waals surface area contributed by atoms with Gasteiger partial charge >= 0.3 is 0 Å². The van der Waals surface area contributed by atoms with Crippen molar-refractivity contribution >= 4 is 17.5 Å². The summed E-state index contributed by atoms with van der Waals surface area (Å²) >= 11 is 0. The first kappa shape index (κ1) is 15.0. The molecule has 0 spiro atoms. The van der Waals surface area contributed by atoms with Gasteiger partial charge in [0.05, 0.1) is 11.6 Å². The minimum absolute atomic E-state index is 0.0463. The number of piperidine rings is 1. The van der Waals surface area contributed by atoms with E-state index in [-0.39, 0.29) is 5.91 Å². The second-order valence-electron chi connectivity index (χ2n) is 5.43. The van der Waals surface area contributed by atoms with Crippen LogP contribution in [0.4, 0.5) is 11.6 Å². The number of hydrogen-bond donors (Lipinski definition) is 1. The van der Waals surface area contributed by atoms with E-state index < -0.39 is 0 Å². The van der Waals surface area contributed by atoms with Gasteiger partial charge in [-0.15, -0.1) is 0 Å². The molecule has 1 amide bonds. The minimum Gasteiger partial charge on any atom is -0.337 e. The van der Waals surface area contributed by atoms with E-state index in [2.05, 4.69) is 21.4 Å². The molecule has 0 radical (unpaired) electrons. The van der Waals surface area contributed by atoms with Crippen LogP contribution in [0.25, 0.3) is 0 Å².